The Bertz CT molecular complexity index is 450. The van der Waals surface area contributed by atoms with Crippen LogP contribution in [0.3, 0.4) is 0 Å². The van der Waals surface area contributed by atoms with E-state index in [-0.39, 0.29) is 5.92 Å². The highest BCUT2D eigenvalue weighted by Gasteiger charge is 2.35. The van der Waals surface area contributed by atoms with Crippen LogP contribution < -0.4 is 0 Å². The smallest absolute Gasteiger partial charge is 0.434 e. The minimum absolute atomic E-state index is 0.276. The minimum atomic E-state index is -4.54. The molecule has 1 aliphatic carbocycles. The SMILES string of the molecule is O=C(O)C(CC1CCCC1)n1cnc(C(F)(F)F)c1. The highest BCUT2D eigenvalue weighted by Crippen LogP contribution is 2.33. The molecule has 1 fully saturated rings. The average Bonchev–Trinajstić information content (AvgIpc) is 2.95. The van der Waals surface area contributed by atoms with E-state index in [0.717, 1.165) is 42.8 Å². The third-order valence-corrected chi connectivity index (χ3v) is 3.57. The average molecular weight is 276 g/mol. The lowest BCUT2D eigenvalue weighted by atomic mass is 9.98. The molecule has 2 rings (SSSR count). The first-order chi connectivity index (χ1) is 8.88. The molecule has 0 spiro atoms. The van der Waals surface area contributed by atoms with Crippen LogP contribution in [0.25, 0.3) is 0 Å². The van der Waals surface area contributed by atoms with E-state index in [4.69, 9.17) is 5.11 Å². The standard InChI is InChI=1S/C12H15F3N2O2/c13-12(14,15)10-6-17(7-16-10)9(11(18)19)5-8-3-1-2-4-8/h6-9H,1-5H2,(H,18,19). The third kappa shape index (κ3) is 3.27. The summed E-state index contributed by atoms with van der Waals surface area (Å²) in [6.45, 7) is 0. The van der Waals surface area contributed by atoms with Crippen molar-refractivity contribution in [1.29, 1.82) is 0 Å². The second kappa shape index (κ2) is 5.22. The first-order valence-electron chi connectivity index (χ1n) is 6.21. The zero-order valence-electron chi connectivity index (χ0n) is 10.2. The Labute approximate surface area is 108 Å². The molecule has 0 bridgehead atoms. The van der Waals surface area contributed by atoms with Gasteiger partial charge in [0.15, 0.2) is 5.69 Å². The highest BCUT2D eigenvalue weighted by molar-refractivity contribution is 5.71. The Kier molecular flexibility index (Phi) is 3.82. The van der Waals surface area contributed by atoms with Crippen molar-refractivity contribution in [3.8, 4) is 0 Å². The summed E-state index contributed by atoms with van der Waals surface area (Å²) in [6.07, 6.45) is 1.58. The van der Waals surface area contributed by atoms with Gasteiger partial charge in [-0.3, -0.25) is 0 Å². The fourth-order valence-corrected chi connectivity index (χ4v) is 2.57. The Hall–Kier alpha value is -1.53. The van der Waals surface area contributed by atoms with Crippen LogP contribution in [0.4, 0.5) is 13.2 Å². The van der Waals surface area contributed by atoms with Crippen LogP contribution >= 0.6 is 0 Å². The van der Waals surface area contributed by atoms with Gasteiger partial charge in [-0.2, -0.15) is 13.2 Å². The molecule has 1 N–H and O–H groups in total. The van der Waals surface area contributed by atoms with Crippen LogP contribution in [0.2, 0.25) is 0 Å². The third-order valence-electron chi connectivity index (χ3n) is 3.57. The van der Waals surface area contributed by atoms with Crippen LogP contribution in [-0.2, 0) is 11.0 Å². The van der Waals surface area contributed by atoms with E-state index < -0.39 is 23.9 Å². The maximum atomic E-state index is 12.4. The van der Waals surface area contributed by atoms with Crippen molar-refractivity contribution in [2.75, 3.05) is 0 Å². The van der Waals surface area contributed by atoms with Gasteiger partial charge in [0.25, 0.3) is 0 Å². The van der Waals surface area contributed by atoms with Crippen molar-refractivity contribution in [3.63, 3.8) is 0 Å². The van der Waals surface area contributed by atoms with Gasteiger partial charge in [-0.15, -0.1) is 0 Å². The van der Waals surface area contributed by atoms with Gasteiger partial charge in [-0.25, -0.2) is 9.78 Å². The summed E-state index contributed by atoms with van der Waals surface area (Å²) in [4.78, 5) is 14.5. The summed E-state index contributed by atoms with van der Waals surface area (Å²) in [5.74, 6) is -0.837. The molecule has 0 saturated heterocycles. The molecule has 19 heavy (non-hydrogen) atoms. The fourth-order valence-electron chi connectivity index (χ4n) is 2.57. The zero-order valence-corrected chi connectivity index (χ0v) is 10.2. The maximum absolute atomic E-state index is 12.4. The summed E-state index contributed by atoms with van der Waals surface area (Å²) >= 11 is 0. The zero-order chi connectivity index (χ0) is 14.0. The number of nitrogens with zero attached hydrogens (tertiary/aromatic N) is 2. The molecular weight excluding hydrogens is 261 g/mol. The number of hydrogen-bond donors (Lipinski definition) is 1. The van der Waals surface area contributed by atoms with E-state index in [1.807, 2.05) is 0 Å². The molecule has 1 unspecified atom stereocenters. The van der Waals surface area contributed by atoms with Crippen molar-refractivity contribution >= 4 is 5.97 Å². The molecule has 0 amide bonds. The van der Waals surface area contributed by atoms with Crippen LogP contribution in [0.1, 0.15) is 43.8 Å². The van der Waals surface area contributed by atoms with Crippen LogP contribution in [-0.4, -0.2) is 20.6 Å². The summed E-state index contributed by atoms with van der Waals surface area (Å²) in [7, 11) is 0. The molecule has 106 valence electrons. The largest absolute Gasteiger partial charge is 0.480 e. The lowest BCUT2D eigenvalue weighted by Crippen LogP contribution is -2.20. The Balaban J connectivity index is 2.14. The second-order valence-electron chi connectivity index (χ2n) is 4.94. The molecule has 1 aromatic rings. The minimum Gasteiger partial charge on any atom is -0.480 e. The quantitative estimate of drug-likeness (QED) is 0.919. The molecular formula is C12H15F3N2O2. The molecule has 4 nitrogen and oxygen atoms in total. The lowest BCUT2D eigenvalue weighted by molar-refractivity contribution is -0.143. The second-order valence-corrected chi connectivity index (χ2v) is 4.94. The van der Waals surface area contributed by atoms with E-state index >= 15 is 0 Å². The van der Waals surface area contributed by atoms with Gasteiger partial charge >= 0.3 is 12.1 Å². The Morgan fingerprint density at radius 3 is 2.58 bits per heavy atom. The van der Waals surface area contributed by atoms with Gasteiger partial charge in [0, 0.05) is 6.20 Å². The van der Waals surface area contributed by atoms with Crippen molar-refractivity contribution in [2.45, 2.75) is 44.3 Å². The number of aliphatic carboxylic acids is 1. The van der Waals surface area contributed by atoms with Gasteiger partial charge in [-0.05, 0) is 12.3 Å². The van der Waals surface area contributed by atoms with Crippen LogP contribution in [0, 0.1) is 5.92 Å². The molecule has 1 atom stereocenters. The summed E-state index contributed by atoms with van der Waals surface area (Å²) < 4.78 is 38.4. The first kappa shape index (κ1) is 13.9. The number of carbonyl (C=O) groups is 1. The molecule has 0 aromatic carbocycles. The number of halogens is 3. The number of hydrogen-bond acceptors (Lipinski definition) is 2. The monoisotopic (exact) mass is 276 g/mol. The van der Waals surface area contributed by atoms with Gasteiger partial charge in [0.1, 0.15) is 6.04 Å². The number of alkyl halides is 3. The van der Waals surface area contributed by atoms with E-state index in [1.54, 1.807) is 0 Å². The van der Waals surface area contributed by atoms with Crippen molar-refractivity contribution in [2.24, 2.45) is 5.92 Å². The number of aromatic nitrogens is 2. The van der Waals surface area contributed by atoms with Crippen molar-refractivity contribution in [1.82, 2.24) is 9.55 Å². The van der Waals surface area contributed by atoms with Crippen LogP contribution in [0.15, 0.2) is 12.5 Å². The lowest BCUT2D eigenvalue weighted by Gasteiger charge is -2.17. The van der Waals surface area contributed by atoms with Gasteiger partial charge < -0.3 is 9.67 Å². The number of rotatable bonds is 4. The van der Waals surface area contributed by atoms with Gasteiger partial charge in [-0.1, -0.05) is 25.7 Å². The van der Waals surface area contributed by atoms with Crippen molar-refractivity contribution < 1.29 is 23.1 Å². The number of carboxylic acid groups (broad SMARTS) is 1. The molecule has 0 aliphatic heterocycles. The topological polar surface area (TPSA) is 55.1 Å². The number of imidazole rings is 1. The molecule has 7 heteroatoms. The fraction of sp³-hybridized carbons (Fsp3) is 0.667. The first-order valence-corrected chi connectivity index (χ1v) is 6.21. The Morgan fingerprint density at radius 2 is 2.11 bits per heavy atom. The van der Waals surface area contributed by atoms with Crippen molar-refractivity contribution in [3.05, 3.63) is 18.2 Å². The highest BCUT2D eigenvalue weighted by atomic mass is 19.4. The van der Waals surface area contributed by atoms with E-state index in [2.05, 4.69) is 4.98 Å². The Morgan fingerprint density at radius 1 is 1.47 bits per heavy atom. The normalized spacial score (nSPS) is 18.7. The van der Waals surface area contributed by atoms with Gasteiger partial charge in [0.2, 0.25) is 0 Å². The van der Waals surface area contributed by atoms with E-state index in [1.165, 1.54) is 0 Å². The predicted molar refractivity (Wildman–Crippen MR) is 60.5 cm³/mol. The molecule has 1 aromatic heterocycles. The van der Waals surface area contributed by atoms with Crippen LogP contribution in [0.5, 0.6) is 0 Å². The summed E-state index contributed by atoms with van der Waals surface area (Å²) in [5, 5.41) is 9.17. The summed E-state index contributed by atoms with van der Waals surface area (Å²) in [6, 6.07) is -0.966. The number of carboxylic acids is 1. The molecule has 1 heterocycles. The maximum Gasteiger partial charge on any atom is 0.434 e. The van der Waals surface area contributed by atoms with E-state index in [9.17, 15) is 18.0 Å². The molecule has 1 saturated carbocycles. The molecule has 1 aliphatic rings. The van der Waals surface area contributed by atoms with E-state index in [0.29, 0.717) is 6.42 Å². The molecule has 0 radical (unpaired) electrons. The van der Waals surface area contributed by atoms with Gasteiger partial charge in [0.05, 0.1) is 6.33 Å². The predicted octanol–water partition coefficient (Wildman–Crippen LogP) is 3.11. The summed E-state index contributed by atoms with van der Waals surface area (Å²) in [5.41, 5.74) is -1.05.